The lowest BCUT2D eigenvalue weighted by Gasteiger charge is -2.10. The minimum Gasteiger partial charge on any atom is -0.396 e. The van der Waals surface area contributed by atoms with E-state index in [9.17, 15) is 4.79 Å². The van der Waals surface area contributed by atoms with E-state index in [1.165, 1.54) is 0 Å². The van der Waals surface area contributed by atoms with Crippen LogP contribution in [0.1, 0.15) is 18.9 Å². The highest BCUT2D eigenvalue weighted by Gasteiger charge is 2.07. The third-order valence-corrected chi connectivity index (χ3v) is 2.80. The van der Waals surface area contributed by atoms with Crippen LogP contribution in [0.15, 0.2) is 36.0 Å². The first-order chi connectivity index (χ1) is 9.17. The van der Waals surface area contributed by atoms with Gasteiger partial charge in [-0.25, -0.2) is 0 Å². The number of allylic oxidation sites excluding steroid dienone is 1. The van der Waals surface area contributed by atoms with Crippen LogP contribution in [-0.2, 0) is 11.3 Å². The number of hydrogen-bond donors (Lipinski definition) is 3. The molecule has 104 valence electrons. The fourth-order valence-corrected chi connectivity index (χ4v) is 1.62. The number of benzene rings is 1. The van der Waals surface area contributed by atoms with E-state index in [0.717, 1.165) is 5.56 Å². The molecule has 0 aliphatic heterocycles. The third kappa shape index (κ3) is 5.77. The van der Waals surface area contributed by atoms with Gasteiger partial charge in [0.2, 0.25) is 0 Å². The molecule has 1 amide bonds. The molecular formula is C14H19ClN2O2. The molecule has 0 unspecified atom stereocenters. The Labute approximate surface area is 118 Å². The molecule has 0 spiro atoms. The molecule has 0 aromatic heterocycles. The normalized spacial score (nSPS) is 11.2. The molecule has 0 fully saturated rings. The zero-order valence-corrected chi connectivity index (χ0v) is 11.7. The topological polar surface area (TPSA) is 61.4 Å². The van der Waals surface area contributed by atoms with E-state index in [1.807, 2.05) is 12.1 Å². The number of amides is 1. The summed E-state index contributed by atoms with van der Waals surface area (Å²) in [6.45, 7) is 2.93. The molecule has 0 atom stereocenters. The fourth-order valence-electron chi connectivity index (χ4n) is 1.50. The lowest BCUT2D eigenvalue weighted by atomic mass is 10.2. The molecule has 0 saturated carbocycles. The molecule has 0 heterocycles. The minimum absolute atomic E-state index is 0.108. The maximum absolute atomic E-state index is 11.9. The van der Waals surface area contributed by atoms with Crippen molar-refractivity contribution in [1.82, 2.24) is 10.6 Å². The van der Waals surface area contributed by atoms with Crippen molar-refractivity contribution >= 4 is 17.5 Å². The molecule has 19 heavy (non-hydrogen) atoms. The van der Waals surface area contributed by atoms with Crippen LogP contribution in [0.5, 0.6) is 0 Å². The van der Waals surface area contributed by atoms with E-state index >= 15 is 0 Å². The van der Waals surface area contributed by atoms with Crippen LogP contribution in [0.25, 0.3) is 0 Å². The van der Waals surface area contributed by atoms with E-state index in [4.69, 9.17) is 16.7 Å². The van der Waals surface area contributed by atoms with E-state index in [0.29, 0.717) is 30.2 Å². The Bertz CT molecular complexity index is 430. The quantitative estimate of drug-likeness (QED) is 0.528. The Hall–Kier alpha value is -1.52. The van der Waals surface area contributed by atoms with Gasteiger partial charge in [-0.3, -0.25) is 4.79 Å². The molecule has 3 N–H and O–H groups in total. The number of carbonyl (C=O) groups excluding carboxylic acids is 1. The highest BCUT2D eigenvalue weighted by Crippen LogP contribution is 2.09. The van der Waals surface area contributed by atoms with Crippen LogP contribution < -0.4 is 10.6 Å². The molecule has 1 aromatic rings. The Morgan fingerprint density at radius 1 is 1.32 bits per heavy atom. The van der Waals surface area contributed by atoms with Crippen molar-refractivity contribution in [3.63, 3.8) is 0 Å². The monoisotopic (exact) mass is 282 g/mol. The van der Waals surface area contributed by atoms with Crippen molar-refractivity contribution in [2.45, 2.75) is 19.9 Å². The summed E-state index contributed by atoms with van der Waals surface area (Å²) in [6, 6.07) is 7.33. The number of carbonyl (C=O) groups is 1. The molecule has 0 radical (unpaired) electrons. The SMILES string of the molecule is C/C=C(/NCCCO)C(=O)NCc1ccc(Cl)cc1. The van der Waals surface area contributed by atoms with E-state index in [-0.39, 0.29) is 12.5 Å². The highest BCUT2D eigenvalue weighted by atomic mass is 35.5. The average molecular weight is 283 g/mol. The predicted molar refractivity (Wildman–Crippen MR) is 76.8 cm³/mol. The predicted octanol–water partition coefficient (Wildman–Crippen LogP) is 1.83. The molecule has 0 aliphatic carbocycles. The summed E-state index contributed by atoms with van der Waals surface area (Å²) < 4.78 is 0. The van der Waals surface area contributed by atoms with Gasteiger partial charge in [0, 0.05) is 24.7 Å². The Morgan fingerprint density at radius 2 is 2.00 bits per heavy atom. The largest absolute Gasteiger partial charge is 0.396 e. The Kier molecular flexibility index (Phi) is 7.00. The van der Waals surface area contributed by atoms with Gasteiger partial charge in [-0.15, -0.1) is 0 Å². The summed E-state index contributed by atoms with van der Waals surface area (Å²) in [5, 5.41) is 15.2. The van der Waals surface area contributed by atoms with Crippen LogP contribution >= 0.6 is 11.6 Å². The van der Waals surface area contributed by atoms with Crippen molar-refractivity contribution in [3.05, 3.63) is 46.6 Å². The number of rotatable bonds is 7. The molecular weight excluding hydrogens is 264 g/mol. The maximum Gasteiger partial charge on any atom is 0.267 e. The van der Waals surface area contributed by atoms with Gasteiger partial charge in [-0.2, -0.15) is 0 Å². The molecule has 0 aliphatic rings. The van der Waals surface area contributed by atoms with E-state index in [2.05, 4.69) is 10.6 Å². The molecule has 0 bridgehead atoms. The second kappa shape index (κ2) is 8.56. The van der Waals surface area contributed by atoms with Crippen molar-refractivity contribution in [2.75, 3.05) is 13.2 Å². The molecule has 1 rings (SSSR count). The maximum atomic E-state index is 11.9. The van der Waals surface area contributed by atoms with E-state index in [1.54, 1.807) is 25.1 Å². The van der Waals surface area contributed by atoms with Gasteiger partial charge in [0.1, 0.15) is 0 Å². The van der Waals surface area contributed by atoms with Gasteiger partial charge in [0.25, 0.3) is 5.91 Å². The van der Waals surface area contributed by atoms with Gasteiger partial charge < -0.3 is 15.7 Å². The van der Waals surface area contributed by atoms with Crippen LogP contribution in [0, 0.1) is 0 Å². The molecule has 0 saturated heterocycles. The van der Waals surface area contributed by atoms with Crippen LogP contribution in [0.3, 0.4) is 0 Å². The lowest BCUT2D eigenvalue weighted by Crippen LogP contribution is -2.32. The number of aliphatic hydroxyl groups excluding tert-OH is 1. The first-order valence-corrected chi connectivity index (χ1v) is 6.59. The zero-order valence-electron chi connectivity index (χ0n) is 10.9. The Balaban J connectivity index is 2.42. The van der Waals surface area contributed by atoms with Crippen molar-refractivity contribution in [2.24, 2.45) is 0 Å². The summed E-state index contributed by atoms with van der Waals surface area (Å²) in [4.78, 5) is 11.9. The summed E-state index contributed by atoms with van der Waals surface area (Å²) in [7, 11) is 0. The molecule has 4 nitrogen and oxygen atoms in total. The van der Waals surface area contributed by atoms with Gasteiger partial charge in [0.15, 0.2) is 0 Å². The number of hydrogen-bond acceptors (Lipinski definition) is 3. The van der Waals surface area contributed by atoms with Crippen molar-refractivity contribution in [1.29, 1.82) is 0 Å². The van der Waals surface area contributed by atoms with Crippen molar-refractivity contribution < 1.29 is 9.90 Å². The fraction of sp³-hybridized carbons (Fsp3) is 0.357. The van der Waals surface area contributed by atoms with Crippen molar-refractivity contribution in [3.8, 4) is 0 Å². The van der Waals surface area contributed by atoms with E-state index < -0.39 is 0 Å². The summed E-state index contributed by atoms with van der Waals surface area (Å²) in [6.07, 6.45) is 2.33. The Morgan fingerprint density at radius 3 is 2.58 bits per heavy atom. The van der Waals surface area contributed by atoms with Gasteiger partial charge >= 0.3 is 0 Å². The van der Waals surface area contributed by atoms with Crippen LogP contribution in [0.4, 0.5) is 0 Å². The van der Waals surface area contributed by atoms with Gasteiger partial charge in [0.05, 0.1) is 5.70 Å². The first kappa shape index (κ1) is 15.5. The lowest BCUT2D eigenvalue weighted by molar-refractivity contribution is -0.118. The third-order valence-electron chi connectivity index (χ3n) is 2.55. The summed E-state index contributed by atoms with van der Waals surface area (Å²) in [5.41, 5.74) is 1.51. The summed E-state index contributed by atoms with van der Waals surface area (Å²) >= 11 is 5.79. The van der Waals surface area contributed by atoms with Crippen LogP contribution in [-0.4, -0.2) is 24.2 Å². The standard InChI is InChI=1S/C14H19ClN2O2/c1-2-13(16-8-3-9-18)14(19)17-10-11-4-6-12(15)7-5-11/h2,4-7,16,18H,3,8-10H2,1H3,(H,17,19)/b13-2+. The highest BCUT2D eigenvalue weighted by molar-refractivity contribution is 6.30. The number of halogens is 1. The number of nitrogens with one attached hydrogen (secondary N) is 2. The second-order valence-electron chi connectivity index (χ2n) is 4.02. The molecule has 1 aromatic carbocycles. The minimum atomic E-state index is -0.157. The number of aliphatic hydroxyl groups is 1. The second-order valence-corrected chi connectivity index (χ2v) is 4.45. The zero-order chi connectivity index (χ0) is 14.1. The molecule has 5 heteroatoms. The van der Waals surface area contributed by atoms with Gasteiger partial charge in [-0.05, 0) is 31.0 Å². The summed E-state index contributed by atoms with van der Waals surface area (Å²) in [5.74, 6) is -0.157. The van der Waals surface area contributed by atoms with Crippen LogP contribution in [0.2, 0.25) is 5.02 Å². The first-order valence-electron chi connectivity index (χ1n) is 6.21. The van der Waals surface area contributed by atoms with Gasteiger partial charge in [-0.1, -0.05) is 29.8 Å². The average Bonchev–Trinajstić information content (AvgIpc) is 2.43. The smallest absolute Gasteiger partial charge is 0.267 e.